The summed E-state index contributed by atoms with van der Waals surface area (Å²) in [6, 6.07) is 7.84. The fourth-order valence-electron chi connectivity index (χ4n) is 4.16. The second-order valence-corrected chi connectivity index (χ2v) is 8.08. The summed E-state index contributed by atoms with van der Waals surface area (Å²) in [6.07, 6.45) is 9.08. The van der Waals surface area contributed by atoms with E-state index in [9.17, 15) is 4.79 Å². The number of hydrogen-bond acceptors (Lipinski definition) is 5. The third-order valence-corrected chi connectivity index (χ3v) is 5.42. The fourth-order valence-corrected chi connectivity index (χ4v) is 4.16. The molecule has 0 aromatic carbocycles. The van der Waals surface area contributed by atoms with Crippen molar-refractivity contribution < 1.29 is 14.3 Å². The summed E-state index contributed by atoms with van der Waals surface area (Å²) in [7, 11) is 0. The van der Waals surface area contributed by atoms with Gasteiger partial charge in [0, 0.05) is 49.6 Å². The molecular formula is C22H27N3O3. The number of ether oxygens (including phenoxy) is 2. The fraction of sp³-hybridized carbons (Fsp3) is 0.500. The van der Waals surface area contributed by atoms with E-state index in [1.165, 1.54) is 0 Å². The Morgan fingerprint density at radius 1 is 1.14 bits per heavy atom. The molecule has 4 rings (SSSR count). The molecule has 0 spiro atoms. The van der Waals surface area contributed by atoms with Crippen molar-refractivity contribution in [1.82, 2.24) is 14.9 Å². The van der Waals surface area contributed by atoms with Crippen LogP contribution in [0.2, 0.25) is 0 Å². The average Bonchev–Trinajstić information content (AvgIpc) is 2.97. The van der Waals surface area contributed by atoms with Crippen LogP contribution in [0.25, 0.3) is 0 Å². The first-order chi connectivity index (χ1) is 13.6. The van der Waals surface area contributed by atoms with Gasteiger partial charge < -0.3 is 14.4 Å². The van der Waals surface area contributed by atoms with E-state index in [2.05, 4.69) is 28.7 Å². The van der Waals surface area contributed by atoms with Crippen molar-refractivity contribution in [3.8, 4) is 11.6 Å². The van der Waals surface area contributed by atoms with Gasteiger partial charge in [0.25, 0.3) is 5.91 Å². The van der Waals surface area contributed by atoms with Crippen molar-refractivity contribution in [2.24, 2.45) is 5.92 Å². The van der Waals surface area contributed by atoms with Gasteiger partial charge in [-0.25, -0.2) is 4.98 Å². The van der Waals surface area contributed by atoms with Gasteiger partial charge in [0.05, 0.1) is 12.2 Å². The van der Waals surface area contributed by atoms with Crippen molar-refractivity contribution >= 4 is 5.91 Å². The predicted octanol–water partition coefficient (Wildman–Crippen LogP) is 3.73. The van der Waals surface area contributed by atoms with E-state index in [-0.39, 0.29) is 24.1 Å². The molecule has 2 aromatic heterocycles. The Morgan fingerprint density at radius 2 is 1.86 bits per heavy atom. The summed E-state index contributed by atoms with van der Waals surface area (Å²) in [5.74, 6) is 1.92. The summed E-state index contributed by atoms with van der Waals surface area (Å²) in [6.45, 7) is 4.81. The minimum absolute atomic E-state index is 0.0674. The average molecular weight is 381 g/mol. The smallest absolute Gasteiger partial charge is 0.255 e. The van der Waals surface area contributed by atoms with Gasteiger partial charge in [0.2, 0.25) is 5.88 Å². The monoisotopic (exact) mass is 381 g/mol. The maximum atomic E-state index is 13.1. The SMILES string of the molecule is CC(C)COc1ccc(C(=O)N2C3CCC2CC(Oc2ccncc2)C3)cn1. The lowest BCUT2D eigenvalue weighted by Crippen LogP contribution is -2.49. The number of pyridine rings is 2. The standard InChI is InChI=1S/C22H27N3O3/c1-15(2)14-27-21-6-3-16(13-24-21)22(26)25-17-4-5-18(25)12-20(11-17)28-19-7-9-23-10-8-19/h3,6-10,13,15,17-18,20H,4-5,11-12,14H2,1-2H3. The number of hydrogen-bond donors (Lipinski definition) is 0. The van der Waals surface area contributed by atoms with Crippen LogP contribution in [0.3, 0.4) is 0 Å². The van der Waals surface area contributed by atoms with Gasteiger partial charge in [-0.2, -0.15) is 0 Å². The zero-order valence-electron chi connectivity index (χ0n) is 16.5. The summed E-state index contributed by atoms with van der Waals surface area (Å²) in [4.78, 5) is 23.5. The Morgan fingerprint density at radius 3 is 2.46 bits per heavy atom. The maximum Gasteiger partial charge on any atom is 0.255 e. The third-order valence-electron chi connectivity index (χ3n) is 5.42. The Hall–Kier alpha value is -2.63. The lowest BCUT2D eigenvalue weighted by atomic mass is 9.98. The van der Waals surface area contributed by atoms with Crippen LogP contribution < -0.4 is 9.47 Å². The van der Waals surface area contributed by atoms with Crippen LogP contribution >= 0.6 is 0 Å². The van der Waals surface area contributed by atoms with E-state index in [0.29, 0.717) is 24.0 Å². The number of rotatable bonds is 6. The van der Waals surface area contributed by atoms with Gasteiger partial charge in [0.15, 0.2) is 0 Å². The highest BCUT2D eigenvalue weighted by Crippen LogP contribution is 2.38. The van der Waals surface area contributed by atoms with Crippen LogP contribution in [0.1, 0.15) is 49.9 Å². The lowest BCUT2D eigenvalue weighted by molar-refractivity contribution is 0.0358. The number of piperidine rings is 1. The number of carbonyl (C=O) groups excluding carboxylic acids is 1. The van der Waals surface area contributed by atoms with Crippen molar-refractivity contribution in [1.29, 1.82) is 0 Å². The molecule has 2 aromatic rings. The summed E-state index contributed by atoms with van der Waals surface area (Å²) >= 11 is 0. The number of nitrogens with zero attached hydrogens (tertiary/aromatic N) is 3. The van der Waals surface area contributed by atoms with Gasteiger partial charge in [0.1, 0.15) is 11.9 Å². The highest BCUT2D eigenvalue weighted by Gasteiger charge is 2.44. The second-order valence-electron chi connectivity index (χ2n) is 8.08. The molecule has 4 heterocycles. The normalized spacial score (nSPS) is 23.7. The topological polar surface area (TPSA) is 64.5 Å². The van der Waals surface area contributed by atoms with Crippen molar-refractivity contribution in [3.05, 3.63) is 48.4 Å². The minimum Gasteiger partial charge on any atom is -0.490 e. The molecule has 6 heteroatoms. The Bertz CT molecular complexity index is 780. The van der Waals surface area contributed by atoms with Gasteiger partial charge >= 0.3 is 0 Å². The maximum absolute atomic E-state index is 13.1. The molecule has 2 aliphatic heterocycles. The highest BCUT2D eigenvalue weighted by atomic mass is 16.5. The van der Waals surface area contributed by atoms with Crippen LogP contribution in [0, 0.1) is 5.92 Å². The largest absolute Gasteiger partial charge is 0.490 e. The summed E-state index contributed by atoms with van der Waals surface area (Å²) < 4.78 is 11.7. The van der Waals surface area contributed by atoms with E-state index >= 15 is 0 Å². The zero-order chi connectivity index (χ0) is 19.5. The first kappa shape index (κ1) is 18.7. The molecule has 0 saturated carbocycles. The second kappa shape index (κ2) is 8.17. The summed E-state index contributed by atoms with van der Waals surface area (Å²) in [5.41, 5.74) is 0.627. The predicted molar refractivity (Wildman–Crippen MR) is 105 cm³/mol. The molecule has 2 aliphatic rings. The van der Waals surface area contributed by atoms with Gasteiger partial charge in [-0.15, -0.1) is 0 Å². The highest BCUT2D eigenvalue weighted by molar-refractivity contribution is 5.94. The van der Waals surface area contributed by atoms with Crippen LogP contribution in [0.15, 0.2) is 42.9 Å². The van der Waals surface area contributed by atoms with Crippen molar-refractivity contribution in [3.63, 3.8) is 0 Å². The molecule has 1 amide bonds. The first-order valence-corrected chi connectivity index (χ1v) is 10.1. The van der Waals surface area contributed by atoms with Gasteiger partial charge in [-0.05, 0) is 37.0 Å². The summed E-state index contributed by atoms with van der Waals surface area (Å²) in [5, 5.41) is 0. The quantitative estimate of drug-likeness (QED) is 0.763. The van der Waals surface area contributed by atoms with Crippen molar-refractivity contribution in [2.45, 2.75) is 57.7 Å². The van der Waals surface area contributed by atoms with E-state index < -0.39 is 0 Å². The number of amides is 1. The number of aromatic nitrogens is 2. The molecule has 2 saturated heterocycles. The van der Waals surface area contributed by atoms with E-state index in [1.54, 1.807) is 24.7 Å². The molecule has 6 nitrogen and oxygen atoms in total. The van der Waals surface area contributed by atoms with E-state index in [0.717, 1.165) is 31.4 Å². The van der Waals surface area contributed by atoms with Crippen LogP contribution in [-0.2, 0) is 0 Å². The molecule has 0 N–H and O–H groups in total. The van der Waals surface area contributed by atoms with Crippen molar-refractivity contribution in [2.75, 3.05) is 6.61 Å². The Balaban J connectivity index is 1.39. The Kier molecular flexibility index (Phi) is 5.46. The molecule has 2 unspecified atom stereocenters. The number of carbonyl (C=O) groups is 1. The van der Waals surface area contributed by atoms with Crippen LogP contribution in [0.5, 0.6) is 11.6 Å². The molecular weight excluding hydrogens is 354 g/mol. The third kappa shape index (κ3) is 4.11. The van der Waals surface area contributed by atoms with Gasteiger partial charge in [-0.3, -0.25) is 9.78 Å². The molecule has 2 atom stereocenters. The molecule has 0 aliphatic carbocycles. The molecule has 2 bridgehead atoms. The molecule has 28 heavy (non-hydrogen) atoms. The van der Waals surface area contributed by atoms with E-state index in [4.69, 9.17) is 9.47 Å². The lowest BCUT2D eigenvalue weighted by Gasteiger charge is -2.39. The first-order valence-electron chi connectivity index (χ1n) is 10.1. The Labute approximate surface area is 165 Å². The molecule has 0 radical (unpaired) electrons. The van der Waals surface area contributed by atoms with Crippen LogP contribution in [0.4, 0.5) is 0 Å². The number of fused-ring (bicyclic) bond motifs is 2. The van der Waals surface area contributed by atoms with E-state index in [1.807, 2.05) is 18.2 Å². The zero-order valence-corrected chi connectivity index (χ0v) is 16.5. The minimum atomic E-state index is 0.0674. The molecule has 148 valence electrons. The molecule has 2 fully saturated rings. The van der Waals surface area contributed by atoms with Crippen LogP contribution in [-0.4, -0.2) is 45.6 Å². The van der Waals surface area contributed by atoms with Gasteiger partial charge in [-0.1, -0.05) is 13.8 Å².